The van der Waals surface area contributed by atoms with Crippen molar-refractivity contribution < 1.29 is 4.52 Å². The Balaban J connectivity index is 1.47. The van der Waals surface area contributed by atoms with E-state index in [1.807, 2.05) is 6.92 Å². The lowest BCUT2D eigenvalue weighted by atomic mass is 10.2. The molecule has 10 nitrogen and oxygen atoms in total. The summed E-state index contributed by atoms with van der Waals surface area (Å²) in [5, 5.41) is 4.07. The molecule has 0 aliphatic heterocycles. The van der Waals surface area contributed by atoms with Crippen molar-refractivity contribution in [2.75, 3.05) is 0 Å². The number of rotatable bonds is 9. The third-order valence-electron chi connectivity index (χ3n) is 4.71. The van der Waals surface area contributed by atoms with Crippen LogP contribution in [0.5, 0.6) is 0 Å². The Labute approximate surface area is 179 Å². The van der Waals surface area contributed by atoms with Gasteiger partial charge in [0.05, 0.1) is 11.7 Å². The number of aryl methyl sites for hydroxylation is 2. The van der Waals surface area contributed by atoms with E-state index in [0.717, 1.165) is 17.7 Å². The molecule has 0 radical (unpaired) electrons. The van der Waals surface area contributed by atoms with Gasteiger partial charge in [0.15, 0.2) is 17.0 Å². The van der Waals surface area contributed by atoms with Crippen molar-refractivity contribution in [3.8, 4) is 10.8 Å². The second-order valence-corrected chi connectivity index (χ2v) is 8.05. The number of nitrogens with one attached hydrogen (secondary N) is 1. The smallest absolute Gasteiger partial charge is 0.332 e. The van der Waals surface area contributed by atoms with Crippen molar-refractivity contribution in [2.45, 2.75) is 52.1 Å². The zero-order chi connectivity index (χ0) is 21.1. The minimum atomic E-state index is -0.408. The summed E-state index contributed by atoms with van der Waals surface area (Å²) in [5.41, 5.74) is 1.49. The number of fused-ring (bicyclic) bond motifs is 1. The number of H-pyrrole nitrogens is 1. The van der Waals surface area contributed by atoms with Crippen LogP contribution in [0.2, 0.25) is 5.28 Å². The highest BCUT2D eigenvalue weighted by Gasteiger charge is 2.17. The SMILES string of the molecule is CCCCn1c(=O)n(CCCCc2noc(-c3cncs3)n2)c(=O)c2[nH]c(Cl)nc21. The van der Waals surface area contributed by atoms with Crippen molar-refractivity contribution in [1.29, 1.82) is 0 Å². The predicted molar refractivity (Wildman–Crippen MR) is 113 cm³/mol. The fourth-order valence-corrected chi connectivity index (χ4v) is 3.90. The van der Waals surface area contributed by atoms with Gasteiger partial charge in [-0.15, -0.1) is 11.3 Å². The number of thiazole rings is 1. The topological polar surface area (TPSA) is 124 Å². The Morgan fingerprint density at radius 1 is 1.17 bits per heavy atom. The molecule has 30 heavy (non-hydrogen) atoms. The van der Waals surface area contributed by atoms with Gasteiger partial charge in [-0.25, -0.2) is 4.79 Å². The average molecular weight is 450 g/mol. The van der Waals surface area contributed by atoms with Crippen LogP contribution in [0.3, 0.4) is 0 Å². The summed E-state index contributed by atoms with van der Waals surface area (Å²) in [5.74, 6) is 1.03. The molecule has 0 saturated heterocycles. The summed E-state index contributed by atoms with van der Waals surface area (Å²) < 4.78 is 8.00. The molecule has 0 fully saturated rings. The van der Waals surface area contributed by atoms with E-state index in [1.165, 1.54) is 20.5 Å². The molecule has 0 aromatic carbocycles. The molecule has 0 bridgehead atoms. The molecule has 4 aromatic heterocycles. The minimum absolute atomic E-state index is 0.0957. The number of aromatic nitrogens is 7. The average Bonchev–Trinajstić information content (AvgIpc) is 3.47. The van der Waals surface area contributed by atoms with Crippen molar-refractivity contribution in [2.24, 2.45) is 0 Å². The number of imidazole rings is 1. The highest BCUT2D eigenvalue weighted by molar-refractivity contribution is 7.13. The minimum Gasteiger partial charge on any atom is -0.333 e. The van der Waals surface area contributed by atoms with Crippen LogP contribution in [-0.2, 0) is 19.5 Å². The summed E-state index contributed by atoms with van der Waals surface area (Å²) in [6.07, 6.45) is 5.29. The van der Waals surface area contributed by atoms with Gasteiger partial charge in [0.2, 0.25) is 5.28 Å². The Bertz CT molecular complexity index is 1260. The zero-order valence-electron chi connectivity index (χ0n) is 16.3. The van der Waals surface area contributed by atoms with Crippen LogP contribution in [0.4, 0.5) is 0 Å². The summed E-state index contributed by atoms with van der Waals surface area (Å²) in [7, 11) is 0. The molecule has 0 unspecified atom stereocenters. The first-order valence-electron chi connectivity index (χ1n) is 9.68. The van der Waals surface area contributed by atoms with E-state index < -0.39 is 5.56 Å². The van der Waals surface area contributed by atoms with Crippen LogP contribution in [0.25, 0.3) is 21.9 Å². The van der Waals surface area contributed by atoms with E-state index in [9.17, 15) is 9.59 Å². The summed E-state index contributed by atoms with van der Waals surface area (Å²) in [6, 6.07) is 0. The van der Waals surface area contributed by atoms with Gasteiger partial charge < -0.3 is 9.51 Å². The third kappa shape index (κ3) is 4.08. The highest BCUT2D eigenvalue weighted by Crippen LogP contribution is 2.21. The number of hydrogen-bond donors (Lipinski definition) is 1. The van der Waals surface area contributed by atoms with Crippen molar-refractivity contribution >= 4 is 34.1 Å². The van der Waals surface area contributed by atoms with Crippen LogP contribution >= 0.6 is 22.9 Å². The molecule has 0 aliphatic rings. The van der Waals surface area contributed by atoms with E-state index in [4.69, 9.17) is 16.1 Å². The second kappa shape index (κ2) is 8.92. The highest BCUT2D eigenvalue weighted by atomic mass is 35.5. The van der Waals surface area contributed by atoms with Crippen LogP contribution in [0.15, 0.2) is 25.8 Å². The van der Waals surface area contributed by atoms with Crippen molar-refractivity contribution in [1.82, 2.24) is 34.2 Å². The number of unbranched alkanes of at least 4 members (excludes halogenated alkanes) is 2. The quantitative estimate of drug-likeness (QED) is 0.307. The van der Waals surface area contributed by atoms with E-state index in [1.54, 1.807) is 11.7 Å². The van der Waals surface area contributed by atoms with Gasteiger partial charge in [-0.3, -0.25) is 18.9 Å². The number of nitrogens with zero attached hydrogens (tertiary/aromatic N) is 6. The van der Waals surface area contributed by atoms with Crippen LogP contribution in [0, 0.1) is 0 Å². The first kappa shape index (κ1) is 20.5. The van der Waals surface area contributed by atoms with Gasteiger partial charge in [-0.2, -0.15) is 9.97 Å². The first-order chi connectivity index (χ1) is 14.6. The summed E-state index contributed by atoms with van der Waals surface area (Å²) in [6.45, 7) is 2.81. The van der Waals surface area contributed by atoms with Gasteiger partial charge in [0.25, 0.3) is 11.4 Å². The molecule has 158 valence electrons. The molecule has 4 heterocycles. The van der Waals surface area contributed by atoms with Crippen LogP contribution in [-0.4, -0.2) is 34.2 Å². The monoisotopic (exact) mass is 449 g/mol. The van der Waals surface area contributed by atoms with Crippen molar-refractivity contribution in [3.63, 3.8) is 0 Å². The van der Waals surface area contributed by atoms with Gasteiger partial charge in [0, 0.05) is 19.5 Å². The molecule has 0 atom stereocenters. The van der Waals surface area contributed by atoms with Crippen molar-refractivity contribution in [3.05, 3.63) is 43.7 Å². The number of halogens is 1. The van der Waals surface area contributed by atoms with Gasteiger partial charge in [0.1, 0.15) is 4.88 Å². The maximum atomic E-state index is 12.9. The molecule has 4 aromatic rings. The fraction of sp³-hybridized carbons (Fsp3) is 0.444. The Morgan fingerprint density at radius 2 is 2.00 bits per heavy atom. The molecule has 0 amide bonds. The Morgan fingerprint density at radius 3 is 2.77 bits per heavy atom. The molecule has 1 N–H and O–H groups in total. The maximum absolute atomic E-state index is 12.9. The van der Waals surface area contributed by atoms with E-state index in [2.05, 4.69) is 25.1 Å². The summed E-state index contributed by atoms with van der Waals surface area (Å²) >= 11 is 7.37. The lowest BCUT2D eigenvalue weighted by Gasteiger charge is -2.10. The molecule has 0 aliphatic carbocycles. The maximum Gasteiger partial charge on any atom is 0.332 e. The molecule has 0 saturated carbocycles. The lowest BCUT2D eigenvalue weighted by molar-refractivity contribution is 0.421. The van der Waals surface area contributed by atoms with E-state index >= 15 is 0 Å². The molecular formula is C18H20ClN7O3S. The molecule has 0 spiro atoms. The first-order valence-corrected chi connectivity index (χ1v) is 10.9. The van der Waals surface area contributed by atoms with Gasteiger partial charge >= 0.3 is 5.69 Å². The number of hydrogen-bond acceptors (Lipinski definition) is 8. The fourth-order valence-electron chi connectivity index (χ4n) is 3.18. The normalized spacial score (nSPS) is 11.5. The third-order valence-corrected chi connectivity index (χ3v) is 5.65. The molecule has 12 heteroatoms. The van der Waals surface area contributed by atoms with E-state index in [0.29, 0.717) is 43.2 Å². The van der Waals surface area contributed by atoms with Crippen LogP contribution in [0.1, 0.15) is 38.4 Å². The Kier molecular flexibility index (Phi) is 6.09. The lowest BCUT2D eigenvalue weighted by Crippen LogP contribution is -2.40. The number of aromatic amines is 1. The zero-order valence-corrected chi connectivity index (χ0v) is 17.9. The van der Waals surface area contributed by atoms with Gasteiger partial charge in [-0.1, -0.05) is 18.5 Å². The molecular weight excluding hydrogens is 430 g/mol. The Hall–Kier alpha value is -2.79. The van der Waals surface area contributed by atoms with Crippen LogP contribution < -0.4 is 11.2 Å². The predicted octanol–water partition coefficient (Wildman–Crippen LogP) is 2.87. The summed E-state index contributed by atoms with van der Waals surface area (Å²) in [4.78, 5) is 41.7. The second-order valence-electron chi connectivity index (χ2n) is 6.81. The molecule has 4 rings (SSSR count). The standard InChI is InChI=1S/C18H20ClN7O3S/c1-2-3-7-25-14-13(22-17(19)23-14)16(27)26(18(25)28)8-5-4-6-12-21-15(29-24-12)11-9-20-10-30-11/h9-10H,2-8H2,1H3,(H,22,23). The largest absolute Gasteiger partial charge is 0.333 e. The van der Waals surface area contributed by atoms with E-state index in [-0.39, 0.29) is 23.0 Å². The van der Waals surface area contributed by atoms with Gasteiger partial charge in [-0.05, 0) is 30.9 Å².